The summed E-state index contributed by atoms with van der Waals surface area (Å²) in [5.74, 6) is 0.421. The molecule has 1 fully saturated rings. The third kappa shape index (κ3) is 5.60. The molecule has 0 saturated carbocycles. The third-order valence-electron chi connectivity index (χ3n) is 3.75. The smallest absolute Gasteiger partial charge is 0.390 e. The first kappa shape index (κ1) is 20.0. The van der Waals surface area contributed by atoms with Crippen molar-refractivity contribution in [2.75, 3.05) is 25.6 Å². The van der Waals surface area contributed by atoms with Crippen molar-refractivity contribution in [2.24, 2.45) is 0 Å². The molecule has 4 atom stereocenters. The Bertz CT molecular complexity index is 668. The molecule has 1 aliphatic rings. The van der Waals surface area contributed by atoms with Crippen LogP contribution in [0.15, 0.2) is 17.1 Å². The van der Waals surface area contributed by atoms with Crippen LogP contribution in [0.2, 0.25) is 0 Å². The summed E-state index contributed by atoms with van der Waals surface area (Å²) in [6.45, 7) is 1.71. The van der Waals surface area contributed by atoms with Crippen molar-refractivity contribution >= 4 is 13.6 Å². The summed E-state index contributed by atoms with van der Waals surface area (Å²) in [6, 6.07) is 1.60. The summed E-state index contributed by atoms with van der Waals surface area (Å²) >= 11 is 0. The number of anilines is 1. The van der Waals surface area contributed by atoms with E-state index in [-0.39, 0.29) is 19.6 Å². The standard InChI is InChI=1S/C14H24N3O7P/c1-3-4-7-22-25(20,21)23-9-11-10(18)8-13(24-11)17-6-5-12(15-2)16-14(17)19/h5-6,10-11,13,18H,3-4,7-9H2,1-2H3,(H,20,21)(H,15,16,19)/t10-,11+,13+/m0/s1. The van der Waals surface area contributed by atoms with Gasteiger partial charge in [0.05, 0.1) is 19.3 Å². The maximum Gasteiger partial charge on any atom is 0.472 e. The largest absolute Gasteiger partial charge is 0.472 e. The second-order valence-corrected chi connectivity index (χ2v) is 7.09. The number of ether oxygens (including phenoxy) is 1. The number of aliphatic hydroxyl groups is 1. The van der Waals surface area contributed by atoms with Crippen LogP contribution in [0.5, 0.6) is 0 Å². The Balaban J connectivity index is 1.93. The fraction of sp³-hybridized carbons (Fsp3) is 0.714. The van der Waals surface area contributed by atoms with Crippen LogP contribution >= 0.6 is 7.82 Å². The first-order chi connectivity index (χ1) is 11.9. The summed E-state index contributed by atoms with van der Waals surface area (Å²) in [5.41, 5.74) is -0.527. The van der Waals surface area contributed by atoms with Gasteiger partial charge in [-0.3, -0.25) is 13.6 Å². The molecule has 1 saturated heterocycles. The molecule has 0 bridgehead atoms. The van der Waals surface area contributed by atoms with Crippen molar-refractivity contribution in [3.8, 4) is 0 Å². The maximum atomic E-state index is 12.0. The van der Waals surface area contributed by atoms with E-state index in [2.05, 4.69) is 10.3 Å². The highest BCUT2D eigenvalue weighted by Crippen LogP contribution is 2.44. The van der Waals surface area contributed by atoms with E-state index in [0.717, 1.165) is 6.42 Å². The summed E-state index contributed by atoms with van der Waals surface area (Å²) in [7, 11) is -2.55. The molecule has 10 nitrogen and oxygen atoms in total. The molecule has 11 heteroatoms. The van der Waals surface area contributed by atoms with Crippen molar-refractivity contribution in [3.63, 3.8) is 0 Å². The third-order valence-corrected chi connectivity index (χ3v) is 4.74. The lowest BCUT2D eigenvalue weighted by molar-refractivity contribution is -0.0464. The molecular formula is C14H24N3O7P. The number of nitrogens with zero attached hydrogens (tertiary/aromatic N) is 2. The van der Waals surface area contributed by atoms with Gasteiger partial charge in [0.15, 0.2) is 0 Å². The van der Waals surface area contributed by atoms with Gasteiger partial charge in [0.2, 0.25) is 0 Å². The molecular weight excluding hydrogens is 353 g/mol. The lowest BCUT2D eigenvalue weighted by Crippen LogP contribution is -2.28. The Morgan fingerprint density at radius 1 is 1.52 bits per heavy atom. The Kier molecular flexibility index (Phi) is 7.12. The van der Waals surface area contributed by atoms with Gasteiger partial charge in [-0.05, 0) is 12.5 Å². The van der Waals surface area contributed by atoms with Gasteiger partial charge >= 0.3 is 13.5 Å². The van der Waals surface area contributed by atoms with Crippen molar-refractivity contribution in [2.45, 2.75) is 44.6 Å². The second-order valence-electron chi connectivity index (χ2n) is 5.64. The molecule has 2 rings (SSSR count). The molecule has 1 unspecified atom stereocenters. The highest BCUT2D eigenvalue weighted by Gasteiger charge is 2.37. The quantitative estimate of drug-likeness (QED) is 0.423. The predicted octanol–water partition coefficient (Wildman–Crippen LogP) is 0.867. The summed E-state index contributed by atoms with van der Waals surface area (Å²) in [6.07, 6.45) is 0.576. The summed E-state index contributed by atoms with van der Waals surface area (Å²) in [5, 5.41) is 12.8. The lowest BCUT2D eigenvalue weighted by Gasteiger charge is -2.18. The van der Waals surface area contributed by atoms with E-state index in [4.69, 9.17) is 13.8 Å². The maximum absolute atomic E-state index is 12.0. The van der Waals surface area contributed by atoms with Crippen molar-refractivity contribution in [1.29, 1.82) is 0 Å². The topological polar surface area (TPSA) is 132 Å². The number of aromatic nitrogens is 2. The van der Waals surface area contributed by atoms with E-state index < -0.39 is 31.9 Å². The van der Waals surface area contributed by atoms with E-state index >= 15 is 0 Å². The molecule has 0 aliphatic carbocycles. The molecule has 0 aromatic carbocycles. The van der Waals surface area contributed by atoms with E-state index in [9.17, 15) is 19.4 Å². The minimum atomic E-state index is -4.19. The Morgan fingerprint density at radius 2 is 2.28 bits per heavy atom. The van der Waals surface area contributed by atoms with Gasteiger partial charge in [0.25, 0.3) is 0 Å². The molecule has 142 valence electrons. The van der Waals surface area contributed by atoms with Crippen molar-refractivity contribution < 1.29 is 28.3 Å². The van der Waals surface area contributed by atoms with Gasteiger partial charge in [-0.2, -0.15) is 4.98 Å². The van der Waals surface area contributed by atoms with Gasteiger partial charge in [-0.25, -0.2) is 9.36 Å². The van der Waals surface area contributed by atoms with Gasteiger partial charge in [-0.15, -0.1) is 0 Å². The van der Waals surface area contributed by atoms with Crippen LogP contribution < -0.4 is 11.0 Å². The molecule has 25 heavy (non-hydrogen) atoms. The zero-order valence-corrected chi connectivity index (χ0v) is 15.1. The first-order valence-corrected chi connectivity index (χ1v) is 9.58. The van der Waals surface area contributed by atoms with E-state index in [1.54, 1.807) is 13.1 Å². The van der Waals surface area contributed by atoms with Gasteiger partial charge in [0, 0.05) is 19.7 Å². The number of hydrogen-bond donors (Lipinski definition) is 3. The molecule has 1 aliphatic heterocycles. The molecule has 1 aromatic rings. The number of unbranched alkanes of at least 4 members (excludes halogenated alkanes) is 1. The Labute approximate surface area is 145 Å². The SMILES string of the molecule is CCCCOP(=O)(O)OC[C@H]1O[C@@H](n2ccc(NC)nc2=O)C[C@@H]1O. The minimum Gasteiger partial charge on any atom is -0.390 e. The van der Waals surface area contributed by atoms with Crippen LogP contribution in [0.4, 0.5) is 5.82 Å². The average molecular weight is 377 g/mol. The van der Waals surface area contributed by atoms with E-state index in [1.807, 2.05) is 6.92 Å². The van der Waals surface area contributed by atoms with Crippen LogP contribution in [-0.2, 0) is 18.3 Å². The van der Waals surface area contributed by atoms with E-state index in [1.165, 1.54) is 10.8 Å². The van der Waals surface area contributed by atoms with Crippen LogP contribution in [0.3, 0.4) is 0 Å². The molecule has 0 amide bonds. The van der Waals surface area contributed by atoms with Gasteiger partial charge in [0.1, 0.15) is 18.1 Å². The Hall–Kier alpha value is -1.29. The molecule has 0 spiro atoms. The molecule has 3 N–H and O–H groups in total. The zero-order chi connectivity index (χ0) is 18.4. The first-order valence-electron chi connectivity index (χ1n) is 8.08. The number of rotatable bonds is 9. The number of phosphoric acid groups is 1. The normalized spacial score (nSPS) is 25.7. The second kappa shape index (κ2) is 8.88. The fourth-order valence-corrected chi connectivity index (χ4v) is 3.11. The lowest BCUT2D eigenvalue weighted by atomic mass is 10.2. The monoisotopic (exact) mass is 377 g/mol. The predicted molar refractivity (Wildman–Crippen MR) is 89.2 cm³/mol. The van der Waals surface area contributed by atoms with Crippen LogP contribution in [0.25, 0.3) is 0 Å². The van der Waals surface area contributed by atoms with Crippen LogP contribution in [0, 0.1) is 0 Å². The zero-order valence-electron chi connectivity index (χ0n) is 14.2. The van der Waals surface area contributed by atoms with Crippen molar-refractivity contribution in [3.05, 3.63) is 22.7 Å². The summed E-state index contributed by atoms with van der Waals surface area (Å²) < 4.78 is 28.2. The fourth-order valence-electron chi connectivity index (χ4n) is 2.34. The minimum absolute atomic E-state index is 0.111. The highest BCUT2D eigenvalue weighted by molar-refractivity contribution is 7.47. The molecule has 0 radical (unpaired) electrons. The number of aliphatic hydroxyl groups excluding tert-OH is 1. The van der Waals surface area contributed by atoms with Crippen LogP contribution in [0.1, 0.15) is 32.4 Å². The average Bonchev–Trinajstić information content (AvgIpc) is 2.93. The van der Waals surface area contributed by atoms with Crippen LogP contribution in [-0.4, -0.2) is 52.0 Å². The summed E-state index contributed by atoms with van der Waals surface area (Å²) in [4.78, 5) is 25.4. The van der Waals surface area contributed by atoms with Gasteiger partial charge in [-0.1, -0.05) is 13.3 Å². The highest BCUT2D eigenvalue weighted by atomic mass is 31.2. The molecule has 2 heterocycles. The molecule has 1 aromatic heterocycles. The van der Waals surface area contributed by atoms with Gasteiger partial charge < -0.3 is 20.1 Å². The van der Waals surface area contributed by atoms with E-state index in [0.29, 0.717) is 12.2 Å². The number of hydrogen-bond acceptors (Lipinski definition) is 8. The Morgan fingerprint density at radius 3 is 2.92 bits per heavy atom. The number of phosphoric ester groups is 1. The van der Waals surface area contributed by atoms with Crippen molar-refractivity contribution in [1.82, 2.24) is 9.55 Å². The number of nitrogens with one attached hydrogen (secondary N) is 1.